The van der Waals surface area contributed by atoms with E-state index in [9.17, 15) is 21.6 Å². The van der Waals surface area contributed by atoms with Crippen molar-refractivity contribution in [2.75, 3.05) is 19.8 Å². The van der Waals surface area contributed by atoms with Crippen LogP contribution in [0, 0.1) is 0 Å². The van der Waals surface area contributed by atoms with Crippen molar-refractivity contribution in [1.82, 2.24) is 4.72 Å². The molecule has 0 heterocycles. The van der Waals surface area contributed by atoms with Gasteiger partial charge in [-0.2, -0.15) is 13.2 Å². The summed E-state index contributed by atoms with van der Waals surface area (Å²) >= 11 is 5.76. The summed E-state index contributed by atoms with van der Waals surface area (Å²) in [5.41, 5.74) is 0.341. The van der Waals surface area contributed by atoms with Crippen molar-refractivity contribution in [3.8, 4) is 0 Å². The smallest absolute Gasteiger partial charge is 0.392 e. The zero-order chi connectivity index (χ0) is 16.1. The van der Waals surface area contributed by atoms with Gasteiger partial charge in [-0.15, -0.1) is 0 Å². The minimum absolute atomic E-state index is 0.0593. The molecule has 0 saturated carbocycles. The van der Waals surface area contributed by atoms with Gasteiger partial charge in [-0.3, -0.25) is 0 Å². The van der Waals surface area contributed by atoms with E-state index in [2.05, 4.69) is 9.46 Å². The fourth-order valence-corrected chi connectivity index (χ4v) is 2.93. The second-order valence-corrected chi connectivity index (χ2v) is 6.13. The lowest BCUT2D eigenvalue weighted by atomic mass is 10.2. The minimum atomic E-state index is -4.46. The van der Waals surface area contributed by atoms with Crippen LogP contribution in [-0.4, -0.2) is 39.5 Å². The number of aliphatic hydroxyl groups excluding tert-OH is 1. The van der Waals surface area contributed by atoms with Crippen molar-refractivity contribution < 1.29 is 31.4 Å². The number of sulfonamides is 1. The molecule has 0 radical (unpaired) electrons. The molecule has 0 amide bonds. The molecule has 1 aromatic carbocycles. The van der Waals surface area contributed by atoms with Crippen LogP contribution >= 0.6 is 11.6 Å². The average molecular weight is 348 g/mol. The van der Waals surface area contributed by atoms with Crippen LogP contribution in [0.15, 0.2) is 23.1 Å². The van der Waals surface area contributed by atoms with Crippen LogP contribution < -0.4 is 4.72 Å². The van der Waals surface area contributed by atoms with Gasteiger partial charge in [0.2, 0.25) is 10.0 Å². The van der Waals surface area contributed by atoms with Crippen molar-refractivity contribution in [2.24, 2.45) is 0 Å². The van der Waals surface area contributed by atoms with Gasteiger partial charge in [0.25, 0.3) is 0 Å². The Morgan fingerprint density at radius 3 is 2.57 bits per heavy atom. The maximum absolute atomic E-state index is 11.9. The summed E-state index contributed by atoms with van der Waals surface area (Å²) in [5.74, 6) is 0. The molecule has 5 nitrogen and oxygen atoms in total. The number of hydrogen-bond donors (Lipinski definition) is 2. The van der Waals surface area contributed by atoms with Gasteiger partial charge in [0.1, 0.15) is 11.5 Å². The number of hydrogen-bond acceptors (Lipinski definition) is 4. The zero-order valence-corrected chi connectivity index (χ0v) is 12.2. The van der Waals surface area contributed by atoms with Crippen molar-refractivity contribution in [1.29, 1.82) is 0 Å². The summed E-state index contributed by atoms with van der Waals surface area (Å²) in [7, 11) is -3.99. The number of nitrogens with one attached hydrogen (secondary N) is 1. The van der Waals surface area contributed by atoms with E-state index in [4.69, 9.17) is 16.7 Å². The Morgan fingerprint density at radius 1 is 1.33 bits per heavy atom. The molecule has 120 valence electrons. The summed E-state index contributed by atoms with van der Waals surface area (Å²) in [5, 5.41) is 8.90. The molecule has 2 N–H and O–H groups in total. The highest BCUT2D eigenvalue weighted by molar-refractivity contribution is 7.89. The van der Waals surface area contributed by atoms with Crippen LogP contribution in [0.1, 0.15) is 5.56 Å². The predicted octanol–water partition coefficient (Wildman–Crippen LogP) is 1.69. The molecule has 10 heteroatoms. The fourth-order valence-electron chi connectivity index (χ4n) is 1.37. The monoisotopic (exact) mass is 347 g/mol. The molecule has 0 saturated heterocycles. The van der Waals surface area contributed by atoms with E-state index in [0.717, 1.165) is 0 Å². The van der Waals surface area contributed by atoms with Gasteiger partial charge >= 0.3 is 6.18 Å². The molecule has 0 bridgehead atoms. The van der Waals surface area contributed by atoms with E-state index in [0.29, 0.717) is 5.56 Å². The Kier molecular flexibility index (Phi) is 6.41. The van der Waals surface area contributed by atoms with Gasteiger partial charge in [0.05, 0.1) is 18.2 Å². The summed E-state index contributed by atoms with van der Waals surface area (Å²) in [4.78, 5) is -0.258. The second kappa shape index (κ2) is 7.41. The van der Waals surface area contributed by atoms with Gasteiger partial charge in [-0.05, 0) is 17.7 Å². The van der Waals surface area contributed by atoms with E-state index in [-0.39, 0.29) is 23.1 Å². The molecule has 0 spiro atoms. The first-order valence-electron chi connectivity index (χ1n) is 5.69. The first-order chi connectivity index (χ1) is 9.65. The zero-order valence-electron chi connectivity index (χ0n) is 10.7. The van der Waals surface area contributed by atoms with Crippen LogP contribution in [0.2, 0.25) is 5.02 Å². The number of benzene rings is 1. The molecule has 0 aliphatic carbocycles. The maximum Gasteiger partial charge on any atom is 0.411 e. The summed E-state index contributed by atoms with van der Waals surface area (Å²) in [6.45, 7) is -2.59. The Hall–Kier alpha value is -0.870. The lowest BCUT2D eigenvalue weighted by molar-refractivity contribution is -0.173. The highest BCUT2D eigenvalue weighted by Crippen LogP contribution is 2.22. The Bertz CT molecular complexity index is 577. The summed E-state index contributed by atoms with van der Waals surface area (Å²) in [6.07, 6.45) is -4.46. The van der Waals surface area contributed by atoms with Crippen LogP contribution in [0.25, 0.3) is 0 Å². The SMILES string of the molecule is O=S(=O)(NCCOCC(F)(F)F)c1cc(CO)ccc1Cl. The largest absolute Gasteiger partial charge is 0.411 e. The second-order valence-electron chi connectivity index (χ2n) is 3.99. The normalized spacial score (nSPS) is 12.6. The van der Waals surface area contributed by atoms with Crippen molar-refractivity contribution in [3.63, 3.8) is 0 Å². The van der Waals surface area contributed by atoms with Crippen LogP contribution in [0.5, 0.6) is 0 Å². The molecule has 1 rings (SSSR count). The molecule has 0 aliphatic rings. The molecular formula is C11H13ClF3NO4S. The number of rotatable bonds is 7. The number of alkyl halides is 3. The Balaban J connectivity index is 2.62. The first kappa shape index (κ1) is 18.2. The van der Waals surface area contributed by atoms with Crippen molar-refractivity contribution >= 4 is 21.6 Å². The molecule has 0 aromatic heterocycles. The maximum atomic E-state index is 11.9. The number of ether oxygens (including phenoxy) is 1. The lowest BCUT2D eigenvalue weighted by Crippen LogP contribution is -2.29. The van der Waals surface area contributed by atoms with E-state index in [1.165, 1.54) is 18.2 Å². The average Bonchev–Trinajstić information content (AvgIpc) is 2.37. The van der Waals surface area contributed by atoms with E-state index >= 15 is 0 Å². The molecule has 0 fully saturated rings. The molecule has 1 aromatic rings. The van der Waals surface area contributed by atoms with Crippen LogP contribution in [0.4, 0.5) is 13.2 Å². The highest BCUT2D eigenvalue weighted by atomic mass is 35.5. The highest BCUT2D eigenvalue weighted by Gasteiger charge is 2.27. The third kappa shape index (κ3) is 6.18. The van der Waals surface area contributed by atoms with Gasteiger partial charge in [-0.25, -0.2) is 13.1 Å². The quantitative estimate of drug-likeness (QED) is 0.736. The van der Waals surface area contributed by atoms with Gasteiger partial charge in [0.15, 0.2) is 0 Å². The van der Waals surface area contributed by atoms with Gasteiger partial charge < -0.3 is 9.84 Å². The summed E-state index contributed by atoms with van der Waals surface area (Å²) < 4.78 is 65.6. The third-order valence-electron chi connectivity index (χ3n) is 2.27. The third-order valence-corrected chi connectivity index (χ3v) is 4.21. The fraction of sp³-hybridized carbons (Fsp3) is 0.455. The standard InChI is InChI=1S/C11H13ClF3NO4S/c12-9-2-1-8(6-17)5-10(9)21(18,19)16-3-4-20-7-11(13,14)15/h1-2,5,16-17H,3-4,6-7H2. The van der Waals surface area contributed by atoms with E-state index in [1.54, 1.807) is 0 Å². The summed E-state index contributed by atoms with van der Waals surface area (Å²) in [6, 6.07) is 3.94. The Labute approximate surface area is 124 Å². The predicted molar refractivity (Wildman–Crippen MR) is 69.4 cm³/mol. The number of halogens is 4. The molecule has 0 atom stereocenters. The molecule has 0 aliphatic heterocycles. The molecular weight excluding hydrogens is 335 g/mol. The van der Waals surface area contributed by atoms with Crippen molar-refractivity contribution in [2.45, 2.75) is 17.7 Å². The Morgan fingerprint density at radius 2 is 2.00 bits per heavy atom. The van der Waals surface area contributed by atoms with Crippen LogP contribution in [0.3, 0.4) is 0 Å². The first-order valence-corrected chi connectivity index (χ1v) is 7.55. The molecule has 21 heavy (non-hydrogen) atoms. The lowest BCUT2D eigenvalue weighted by Gasteiger charge is -2.10. The van der Waals surface area contributed by atoms with E-state index < -0.39 is 29.4 Å². The molecule has 0 unspecified atom stereocenters. The van der Waals surface area contributed by atoms with Crippen LogP contribution in [-0.2, 0) is 21.4 Å². The van der Waals surface area contributed by atoms with Gasteiger partial charge in [0, 0.05) is 6.54 Å². The minimum Gasteiger partial charge on any atom is -0.392 e. The van der Waals surface area contributed by atoms with Gasteiger partial charge in [-0.1, -0.05) is 17.7 Å². The van der Waals surface area contributed by atoms with Crippen molar-refractivity contribution in [3.05, 3.63) is 28.8 Å². The topological polar surface area (TPSA) is 75.6 Å². The van der Waals surface area contributed by atoms with E-state index in [1.807, 2.05) is 0 Å². The number of aliphatic hydroxyl groups is 1.